The van der Waals surface area contributed by atoms with E-state index in [0.717, 1.165) is 29.2 Å². The molecule has 2 unspecified atom stereocenters. The van der Waals surface area contributed by atoms with Crippen molar-refractivity contribution < 1.29 is 19.5 Å². The Kier molecular flexibility index (Phi) is 11.9. The molecule has 0 spiro atoms. The van der Waals surface area contributed by atoms with Gasteiger partial charge in [-0.1, -0.05) is 35.4 Å². The maximum atomic E-state index is 15.6. The van der Waals surface area contributed by atoms with Crippen molar-refractivity contribution in [3.63, 3.8) is 0 Å². The van der Waals surface area contributed by atoms with Gasteiger partial charge in [0, 0.05) is 36.7 Å². The molecule has 1 N–H and O–H groups in total. The largest absolute Gasteiger partial charge is 0.349 e. The first-order valence-corrected chi connectivity index (χ1v) is 15.1. The molecule has 8 nitrogen and oxygen atoms in total. The molecule has 0 aliphatic carbocycles. The summed E-state index contributed by atoms with van der Waals surface area (Å²) in [7, 11) is 2.08. The first-order valence-electron chi connectivity index (χ1n) is 12.3. The summed E-state index contributed by atoms with van der Waals surface area (Å²) < 4.78 is 44.7. The van der Waals surface area contributed by atoms with Crippen molar-refractivity contribution in [3.8, 4) is 0 Å². The van der Waals surface area contributed by atoms with Crippen LogP contribution in [0.1, 0.15) is 68.9 Å². The Balaban J connectivity index is 2.12. The average molecular weight is 541 g/mol. The smallest absolute Gasteiger partial charge is 0.330 e. The van der Waals surface area contributed by atoms with Crippen LogP contribution >= 0.6 is 30.1 Å². The zero-order valence-corrected chi connectivity index (χ0v) is 23.3. The van der Waals surface area contributed by atoms with E-state index in [1.165, 1.54) is 6.20 Å². The van der Waals surface area contributed by atoms with Crippen molar-refractivity contribution in [1.29, 1.82) is 0 Å². The van der Waals surface area contributed by atoms with E-state index < -0.39 is 44.4 Å². The van der Waals surface area contributed by atoms with E-state index in [4.69, 9.17) is 15.2 Å². The molecular formula is C22H39FN3O5PS2. The Morgan fingerprint density at radius 3 is 2.56 bits per heavy atom. The topological polar surface area (TPSA) is 85.8 Å². The quantitative estimate of drug-likeness (QED) is 0.198. The Hall–Kier alpha value is -0.420. The van der Waals surface area contributed by atoms with E-state index in [2.05, 4.69) is 23.5 Å². The Morgan fingerprint density at radius 1 is 1.26 bits per heavy atom. The Labute approximate surface area is 212 Å². The lowest BCUT2D eigenvalue weighted by Gasteiger charge is -2.37. The predicted molar refractivity (Wildman–Crippen MR) is 140 cm³/mol. The number of nitrogens with one attached hydrogen (secondary N) is 1. The van der Waals surface area contributed by atoms with Crippen LogP contribution in [0.25, 0.3) is 0 Å². The van der Waals surface area contributed by atoms with Gasteiger partial charge >= 0.3 is 5.69 Å². The number of aromatic amines is 1. The first kappa shape index (κ1) is 28.2. The standard InChI is InChI=1S/C22H39FN3O5PS2/c1-14(2)26(15(3)4)32(29-12-8-9-13-33-34-16(5)6)31-20-17(7)30-21(19(20)23)25-11-10-18(27)24-22(25)28/h10-11,14-17,19-21H,8-9,12-13H2,1-7H3,(H,24,27,28)/t17-,19+,20?,21-,32?/m1/s1/i7D. The van der Waals surface area contributed by atoms with Crippen LogP contribution in [-0.4, -0.2) is 62.3 Å². The fourth-order valence-corrected chi connectivity index (χ4v) is 7.44. The van der Waals surface area contributed by atoms with Gasteiger partial charge in [-0.05, 0) is 47.4 Å². The van der Waals surface area contributed by atoms with Crippen LogP contribution in [-0.2, 0) is 13.8 Å². The number of H-pyrrole nitrogens is 1. The second kappa shape index (κ2) is 14.4. The third-order valence-corrected chi connectivity index (χ3v) is 10.1. The lowest BCUT2D eigenvalue weighted by molar-refractivity contribution is -0.0180. The highest BCUT2D eigenvalue weighted by atomic mass is 33.1. The van der Waals surface area contributed by atoms with E-state index >= 15 is 4.39 Å². The minimum atomic E-state index is -1.71. The summed E-state index contributed by atoms with van der Waals surface area (Å²) in [5, 5.41) is 0.589. The summed E-state index contributed by atoms with van der Waals surface area (Å²) in [5.41, 5.74) is -1.35. The molecule has 2 heterocycles. The highest BCUT2D eigenvalue weighted by Crippen LogP contribution is 2.50. The number of hydrogen-bond donors (Lipinski definition) is 1. The van der Waals surface area contributed by atoms with Crippen LogP contribution in [0.3, 0.4) is 0 Å². The number of halogens is 1. The highest BCUT2D eigenvalue weighted by molar-refractivity contribution is 8.76. The molecule has 0 saturated carbocycles. The molecule has 5 atom stereocenters. The van der Waals surface area contributed by atoms with Gasteiger partial charge in [-0.25, -0.2) is 13.9 Å². The van der Waals surface area contributed by atoms with Crippen molar-refractivity contribution in [3.05, 3.63) is 33.1 Å². The summed E-state index contributed by atoms with van der Waals surface area (Å²) in [6.45, 7) is 12.7. The van der Waals surface area contributed by atoms with Crippen LogP contribution in [0.2, 0.25) is 0 Å². The number of alkyl halides is 1. The maximum absolute atomic E-state index is 15.6. The molecule has 1 aliphatic rings. The maximum Gasteiger partial charge on any atom is 0.330 e. The molecule has 12 heteroatoms. The van der Waals surface area contributed by atoms with Gasteiger partial charge in [0.2, 0.25) is 0 Å². The molecule has 1 aromatic rings. The van der Waals surface area contributed by atoms with Gasteiger partial charge < -0.3 is 13.8 Å². The van der Waals surface area contributed by atoms with Crippen molar-refractivity contribution in [2.45, 2.75) is 103 Å². The molecule has 0 amide bonds. The average Bonchev–Trinajstić information content (AvgIpc) is 3.07. The van der Waals surface area contributed by atoms with Gasteiger partial charge in [-0.15, -0.1) is 0 Å². The molecule has 1 aliphatic heterocycles. The van der Waals surface area contributed by atoms with Crippen molar-refractivity contribution in [2.24, 2.45) is 0 Å². The van der Waals surface area contributed by atoms with Crippen LogP contribution in [0.15, 0.2) is 21.9 Å². The molecule has 0 bridgehead atoms. The van der Waals surface area contributed by atoms with Crippen molar-refractivity contribution in [2.75, 3.05) is 12.4 Å². The van der Waals surface area contributed by atoms with Crippen molar-refractivity contribution in [1.82, 2.24) is 14.2 Å². The number of rotatable bonds is 14. The summed E-state index contributed by atoms with van der Waals surface area (Å²) in [6, 6.07) is 1.31. The lowest BCUT2D eigenvalue weighted by atomic mass is 10.2. The van der Waals surface area contributed by atoms with Crippen LogP contribution in [0.4, 0.5) is 4.39 Å². The van der Waals surface area contributed by atoms with Gasteiger partial charge in [-0.2, -0.15) is 0 Å². The molecule has 1 aromatic heterocycles. The zero-order chi connectivity index (χ0) is 26.1. The summed E-state index contributed by atoms with van der Waals surface area (Å²) in [4.78, 5) is 25.7. The third-order valence-electron chi connectivity index (χ3n) is 4.94. The summed E-state index contributed by atoms with van der Waals surface area (Å²) in [5.74, 6) is 1.03. The van der Waals surface area contributed by atoms with Gasteiger partial charge in [0.1, 0.15) is 6.10 Å². The predicted octanol–water partition coefficient (Wildman–Crippen LogP) is 5.11. The fourth-order valence-electron chi connectivity index (χ4n) is 3.49. The summed E-state index contributed by atoms with van der Waals surface area (Å²) in [6.07, 6.45) is -1.91. The first-order chi connectivity index (χ1) is 16.6. The Bertz CT molecular complexity index is 870. The number of ether oxygens (including phenoxy) is 1. The number of aromatic nitrogens is 2. The summed E-state index contributed by atoms with van der Waals surface area (Å²) >= 11 is 0. The molecule has 196 valence electrons. The van der Waals surface area contributed by atoms with Gasteiger partial charge in [0.25, 0.3) is 14.1 Å². The Morgan fingerprint density at radius 2 is 1.97 bits per heavy atom. The molecule has 1 saturated heterocycles. The molecule has 0 aromatic carbocycles. The van der Waals surface area contributed by atoms with E-state index in [9.17, 15) is 9.59 Å². The van der Waals surface area contributed by atoms with E-state index in [1.807, 2.05) is 49.3 Å². The lowest BCUT2D eigenvalue weighted by Crippen LogP contribution is -2.38. The van der Waals surface area contributed by atoms with Gasteiger partial charge in [-0.3, -0.25) is 14.3 Å². The third kappa shape index (κ3) is 8.61. The monoisotopic (exact) mass is 540 g/mol. The normalized spacial score (nSPS) is 24.5. The van der Waals surface area contributed by atoms with E-state index in [-0.39, 0.29) is 19.0 Å². The van der Waals surface area contributed by atoms with E-state index in [0.29, 0.717) is 11.9 Å². The van der Waals surface area contributed by atoms with Crippen LogP contribution < -0.4 is 11.2 Å². The van der Waals surface area contributed by atoms with E-state index in [1.54, 1.807) is 0 Å². The van der Waals surface area contributed by atoms with Gasteiger partial charge in [0.05, 0.1) is 12.7 Å². The number of nitrogens with zero attached hydrogens (tertiary/aromatic N) is 2. The van der Waals surface area contributed by atoms with Gasteiger partial charge in [0.15, 0.2) is 12.4 Å². The minimum Gasteiger partial charge on any atom is -0.349 e. The van der Waals surface area contributed by atoms with Crippen molar-refractivity contribution >= 4 is 30.1 Å². The fraction of sp³-hybridized carbons (Fsp3) is 0.818. The number of unbranched alkanes of at least 4 members (excludes halogenated alkanes) is 1. The molecule has 0 radical (unpaired) electrons. The van der Waals surface area contributed by atoms with Crippen LogP contribution in [0, 0.1) is 0 Å². The van der Waals surface area contributed by atoms with Crippen LogP contribution in [0.5, 0.6) is 0 Å². The zero-order valence-electron chi connectivity index (χ0n) is 21.8. The second-order valence-corrected chi connectivity index (χ2v) is 13.4. The second-order valence-electron chi connectivity index (χ2n) is 8.91. The highest BCUT2D eigenvalue weighted by Gasteiger charge is 2.47. The molecular weight excluding hydrogens is 500 g/mol. The molecule has 1 fully saturated rings. The molecule has 34 heavy (non-hydrogen) atoms. The number of hydrogen-bond acceptors (Lipinski definition) is 8. The molecule has 2 rings (SSSR count). The SMILES string of the molecule is [2H]C[C@H]1O[C@@H](n2ccc(=O)[nH]c2=O)[C@@H](F)C1OP(OCCCCSSC(C)C)N(C(C)C)C(C)C. The minimum absolute atomic E-state index is 0.0894.